The van der Waals surface area contributed by atoms with E-state index in [1.165, 1.54) is 24.3 Å². The second-order valence-electron chi connectivity index (χ2n) is 3.47. The molecule has 0 aliphatic heterocycles. The van der Waals surface area contributed by atoms with Crippen molar-refractivity contribution in [2.45, 2.75) is 6.61 Å². The largest absolute Gasteiger partial charge is 0.392 e. The Morgan fingerprint density at radius 2 is 1.50 bits per heavy atom. The molecule has 0 aliphatic carbocycles. The Balaban J connectivity index is 2.51. The molecule has 0 unspecified atom stereocenters. The number of hydrogen-bond acceptors (Lipinski definition) is 1. The molecule has 1 nitrogen and oxygen atoms in total. The fourth-order valence-corrected chi connectivity index (χ4v) is 1.60. The van der Waals surface area contributed by atoms with Crippen LogP contribution < -0.4 is 0 Å². The summed E-state index contributed by atoms with van der Waals surface area (Å²) in [5.74, 6) is -0.716. The predicted octanol–water partition coefficient (Wildman–Crippen LogP) is 3.12. The van der Waals surface area contributed by atoms with E-state index < -0.39 is 5.82 Å². The lowest BCUT2D eigenvalue weighted by molar-refractivity contribution is 0.282. The number of aliphatic hydroxyl groups is 1. The third-order valence-corrected chi connectivity index (χ3v) is 2.39. The van der Waals surface area contributed by atoms with Crippen LogP contribution in [0.4, 0.5) is 8.78 Å². The quantitative estimate of drug-likeness (QED) is 0.824. The van der Waals surface area contributed by atoms with E-state index >= 15 is 0 Å². The molecule has 2 rings (SSSR count). The maximum absolute atomic E-state index is 12.9. The summed E-state index contributed by atoms with van der Waals surface area (Å²) in [6, 6.07) is 10.0. The summed E-state index contributed by atoms with van der Waals surface area (Å²) < 4.78 is 25.7. The van der Waals surface area contributed by atoms with Gasteiger partial charge in [0.15, 0.2) is 0 Å². The van der Waals surface area contributed by atoms with Gasteiger partial charge in [0.25, 0.3) is 0 Å². The Hall–Kier alpha value is -1.74. The van der Waals surface area contributed by atoms with Gasteiger partial charge >= 0.3 is 0 Å². The van der Waals surface area contributed by atoms with Crippen molar-refractivity contribution in [2.24, 2.45) is 0 Å². The second kappa shape index (κ2) is 4.41. The van der Waals surface area contributed by atoms with Crippen LogP contribution >= 0.6 is 0 Å². The second-order valence-corrected chi connectivity index (χ2v) is 3.47. The highest BCUT2D eigenvalue weighted by molar-refractivity contribution is 5.67. The molecule has 0 fully saturated rings. The van der Waals surface area contributed by atoms with Gasteiger partial charge in [0, 0.05) is 0 Å². The van der Waals surface area contributed by atoms with E-state index in [1.54, 1.807) is 18.2 Å². The van der Waals surface area contributed by atoms with Crippen molar-refractivity contribution < 1.29 is 13.9 Å². The SMILES string of the molecule is OCc1cc(F)ccc1-c1ccc(F)cc1. The summed E-state index contributed by atoms with van der Waals surface area (Å²) in [4.78, 5) is 0. The smallest absolute Gasteiger partial charge is 0.123 e. The van der Waals surface area contributed by atoms with Gasteiger partial charge in [-0.15, -0.1) is 0 Å². The highest BCUT2D eigenvalue weighted by atomic mass is 19.1. The van der Waals surface area contributed by atoms with E-state index in [0.717, 1.165) is 5.56 Å². The minimum absolute atomic E-state index is 0.246. The van der Waals surface area contributed by atoms with Crippen molar-refractivity contribution in [3.63, 3.8) is 0 Å². The first kappa shape index (κ1) is 10.8. The molecular weight excluding hydrogens is 210 g/mol. The van der Waals surface area contributed by atoms with Gasteiger partial charge in [-0.2, -0.15) is 0 Å². The lowest BCUT2D eigenvalue weighted by Crippen LogP contribution is -1.91. The molecule has 0 aliphatic rings. The standard InChI is InChI=1S/C13H10F2O/c14-11-3-1-9(2-4-11)13-6-5-12(15)7-10(13)8-16/h1-7,16H,8H2. The molecule has 0 heterocycles. The minimum atomic E-state index is -0.394. The number of aliphatic hydroxyl groups excluding tert-OH is 1. The van der Waals surface area contributed by atoms with Crippen molar-refractivity contribution in [1.29, 1.82) is 0 Å². The number of halogens is 2. The first-order chi connectivity index (χ1) is 7.70. The third-order valence-electron chi connectivity index (χ3n) is 2.39. The molecule has 1 N–H and O–H groups in total. The van der Waals surface area contributed by atoms with Gasteiger partial charge < -0.3 is 5.11 Å². The normalized spacial score (nSPS) is 10.4. The van der Waals surface area contributed by atoms with E-state index in [0.29, 0.717) is 11.1 Å². The predicted molar refractivity (Wildman–Crippen MR) is 57.7 cm³/mol. The van der Waals surface area contributed by atoms with E-state index in [1.807, 2.05) is 0 Å². The first-order valence-electron chi connectivity index (χ1n) is 4.86. The van der Waals surface area contributed by atoms with E-state index in [-0.39, 0.29) is 12.4 Å². The number of benzene rings is 2. The van der Waals surface area contributed by atoms with Gasteiger partial charge in [-0.1, -0.05) is 18.2 Å². The van der Waals surface area contributed by atoms with E-state index in [9.17, 15) is 8.78 Å². The van der Waals surface area contributed by atoms with Crippen molar-refractivity contribution in [1.82, 2.24) is 0 Å². The zero-order chi connectivity index (χ0) is 11.5. The Labute approximate surface area is 92.0 Å². The van der Waals surface area contributed by atoms with Crippen LogP contribution in [0, 0.1) is 11.6 Å². The van der Waals surface area contributed by atoms with Crippen molar-refractivity contribution in [3.05, 3.63) is 59.7 Å². The number of rotatable bonds is 2. The Kier molecular flexibility index (Phi) is 2.97. The molecule has 0 spiro atoms. The number of hydrogen-bond donors (Lipinski definition) is 1. The van der Waals surface area contributed by atoms with E-state index in [2.05, 4.69) is 0 Å². The highest BCUT2D eigenvalue weighted by Gasteiger charge is 2.05. The summed E-state index contributed by atoms with van der Waals surface area (Å²) >= 11 is 0. The van der Waals surface area contributed by atoms with E-state index in [4.69, 9.17) is 5.11 Å². The lowest BCUT2D eigenvalue weighted by atomic mass is 10.00. The molecule has 3 heteroatoms. The summed E-state index contributed by atoms with van der Waals surface area (Å²) in [6.45, 7) is -0.246. The van der Waals surface area contributed by atoms with Crippen LogP contribution in [-0.2, 0) is 6.61 Å². The highest BCUT2D eigenvalue weighted by Crippen LogP contribution is 2.24. The van der Waals surface area contributed by atoms with Crippen LogP contribution in [0.5, 0.6) is 0 Å². The molecule has 82 valence electrons. The lowest BCUT2D eigenvalue weighted by Gasteiger charge is -2.07. The van der Waals surface area contributed by atoms with Gasteiger partial charge in [-0.3, -0.25) is 0 Å². The Bertz CT molecular complexity index is 492. The molecule has 0 aromatic heterocycles. The molecule has 0 radical (unpaired) electrons. The Morgan fingerprint density at radius 3 is 2.12 bits per heavy atom. The van der Waals surface area contributed by atoms with Crippen LogP contribution in [0.2, 0.25) is 0 Å². The third kappa shape index (κ3) is 2.09. The van der Waals surface area contributed by atoms with Crippen LogP contribution in [0.15, 0.2) is 42.5 Å². The molecule has 0 bridgehead atoms. The summed E-state index contributed by atoms with van der Waals surface area (Å²) in [6.07, 6.45) is 0. The molecular formula is C13H10F2O. The average Bonchev–Trinajstić information content (AvgIpc) is 2.30. The van der Waals surface area contributed by atoms with Crippen molar-refractivity contribution in [3.8, 4) is 11.1 Å². The maximum atomic E-state index is 12.9. The average molecular weight is 220 g/mol. The fourth-order valence-electron chi connectivity index (χ4n) is 1.60. The van der Waals surface area contributed by atoms with Crippen LogP contribution in [-0.4, -0.2) is 5.11 Å². The molecule has 0 saturated heterocycles. The monoisotopic (exact) mass is 220 g/mol. The molecule has 2 aromatic rings. The van der Waals surface area contributed by atoms with Crippen LogP contribution in [0.25, 0.3) is 11.1 Å². The molecule has 0 saturated carbocycles. The zero-order valence-electron chi connectivity index (χ0n) is 8.45. The topological polar surface area (TPSA) is 20.2 Å². The van der Waals surface area contributed by atoms with Crippen molar-refractivity contribution >= 4 is 0 Å². The van der Waals surface area contributed by atoms with Crippen LogP contribution in [0.3, 0.4) is 0 Å². The Morgan fingerprint density at radius 1 is 0.875 bits per heavy atom. The van der Waals surface area contributed by atoms with Crippen molar-refractivity contribution in [2.75, 3.05) is 0 Å². The fraction of sp³-hybridized carbons (Fsp3) is 0.0769. The molecule has 0 amide bonds. The summed E-state index contributed by atoms with van der Waals surface area (Å²) in [7, 11) is 0. The molecule has 16 heavy (non-hydrogen) atoms. The maximum Gasteiger partial charge on any atom is 0.123 e. The van der Waals surface area contributed by atoms with Crippen LogP contribution in [0.1, 0.15) is 5.56 Å². The zero-order valence-corrected chi connectivity index (χ0v) is 8.45. The summed E-state index contributed by atoms with van der Waals surface area (Å²) in [5.41, 5.74) is 1.96. The van der Waals surface area contributed by atoms with Gasteiger partial charge in [-0.25, -0.2) is 8.78 Å². The van der Waals surface area contributed by atoms with Gasteiger partial charge in [0.1, 0.15) is 11.6 Å². The molecule has 0 atom stereocenters. The van der Waals surface area contributed by atoms with Gasteiger partial charge in [0.05, 0.1) is 6.61 Å². The first-order valence-corrected chi connectivity index (χ1v) is 4.86. The summed E-state index contributed by atoms with van der Waals surface area (Å²) in [5, 5.41) is 9.12. The van der Waals surface area contributed by atoms with Gasteiger partial charge in [-0.05, 0) is 41.0 Å². The molecule has 2 aromatic carbocycles. The van der Waals surface area contributed by atoms with Gasteiger partial charge in [0.2, 0.25) is 0 Å². The minimum Gasteiger partial charge on any atom is -0.392 e.